The molecule has 0 aliphatic rings. The van der Waals surface area contributed by atoms with Gasteiger partial charge < -0.3 is 0 Å². The monoisotopic (exact) mass is 408 g/mol. The van der Waals surface area contributed by atoms with E-state index in [2.05, 4.69) is 10.1 Å². The van der Waals surface area contributed by atoms with Crippen LogP contribution in [0.25, 0.3) is 17.3 Å². The molecule has 0 radical (unpaired) electrons. The van der Waals surface area contributed by atoms with Gasteiger partial charge >= 0.3 is 0 Å². The number of carbonyl (C=O) groups excluding carboxylic acids is 1. The Balaban J connectivity index is 1.77. The van der Waals surface area contributed by atoms with Gasteiger partial charge in [-0.2, -0.15) is 10.4 Å². The summed E-state index contributed by atoms with van der Waals surface area (Å²) in [5.41, 5.74) is 2.64. The number of allylic oxidation sites excluding steroid dienone is 1. The highest BCUT2D eigenvalue weighted by atomic mass is 19.1. The van der Waals surface area contributed by atoms with Gasteiger partial charge in [0.15, 0.2) is 0 Å². The van der Waals surface area contributed by atoms with Gasteiger partial charge in [-0.05, 0) is 35.9 Å². The van der Waals surface area contributed by atoms with E-state index in [0.29, 0.717) is 17.8 Å². The van der Waals surface area contributed by atoms with Gasteiger partial charge in [-0.3, -0.25) is 14.5 Å². The fourth-order valence-corrected chi connectivity index (χ4v) is 3.22. The van der Waals surface area contributed by atoms with Crippen LogP contribution in [0.15, 0.2) is 90.9 Å². The maximum Gasteiger partial charge on any atom is 0.206 e. The Bertz CT molecular complexity index is 1290. The number of carbonyl (C=O) groups is 1. The number of aromatic nitrogens is 3. The summed E-state index contributed by atoms with van der Waals surface area (Å²) in [4.78, 5) is 16.9. The molecule has 2 aromatic carbocycles. The van der Waals surface area contributed by atoms with Crippen LogP contribution in [0, 0.1) is 17.1 Å². The van der Waals surface area contributed by atoms with E-state index in [-0.39, 0.29) is 11.1 Å². The highest BCUT2D eigenvalue weighted by Gasteiger charge is 2.18. The first-order chi connectivity index (χ1) is 15.2. The number of hydrogen-bond acceptors (Lipinski definition) is 4. The number of halogens is 1. The number of hydrogen-bond donors (Lipinski definition) is 0. The number of Topliss-reactive ketones (excluding diaryl/α,β-unsaturated/α-hetero) is 1. The fourth-order valence-electron chi connectivity index (χ4n) is 3.22. The Morgan fingerprint density at radius 3 is 2.55 bits per heavy atom. The lowest BCUT2D eigenvalue weighted by atomic mass is 10.0. The Morgan fingerprint density at radius 2 is 1.84 bits per heavy atom. The molecule has 6 heteroatoms. The minimum Gasteiger partial charge on any atom is -0.288 e. The Morgan fingerprint density at radius 1 is 1.06 bits per heavy atom. The number of nitrogens with zero attached hydrogens (tertiary/aromatic N) is 4. The molecule has 150 valence electrons. The Labute approximate surface area is 178 Å². The van der Waals surface area contributed by atoms with Gasteiger partial charge in [-0.25, -0.2) is 4.39 Å². The lowest BCUT2D eigenvalue weighted by Crippen LogP contribution is -2.04. The minimum absolute atomic E-state index is 0.144. The van der Waals surface area contributed by atoms with Crippen LogP contribution in [0.5, 0.6) is 0 Å². The first kappa shape index (κ1) is 19.9. The summed E-state index contributed by atoms with van der Waals surface area (Å²) in [7, 11) is 0. The zero-order chi connectivity index (χ0) is 21.6. The van der Waals surface area contributed by atoms with Crippen molar-refractivity contribution in [1.29, 1.82) is 5.26 Å². The zero-order valence-corrected chi connectivity index (χ0v) is 16.4. The van der Waals surface area contributed by atoms with Crippen molar-refractivity contribution in [1.82, 2.24) is 14.8 Å². The number of pyridine rings is 1. The summed E-state index contributed by atoms with van der Waals surface area (Å²) >= 11 is 0. The topological polar surface area (TPSA) is 71.6 Å². The van der Waals surface area contributed by atoms with Crippen molar-refractivity contribution in [2.24, 2.45) is 0 Å². The molecule has 5 nitrogen and oxygen atoms in total. The normalized spacial score (nSPS) is 11.2. The number of nitriles is 1. The molecule has 0 saturated carbocycles. The lowest BCUT2D eigenvalue weighted by Gasteiger charge is -2.02. The third-order valence-electron chi connectivity index (χ3n) is 4.70. The number of rotatable bonds is 6. The summed E-state index contributed by atoms with van der Waals surface area (Å²) in [6.07, 6.45) is 6.53. The smallest absolute Gasteiger partial charge is 0.206 e. The highest BCUT2D eigenvalue weighted by molar-refractivity contribution is 6.14. The van der Waals surface area contributed by atoms with Crippen LogP contribution < -0.4 is 0 Å². The largest absolute Gasteiger partial charge is 0.288 e. The molecular formula is C25H17FN4O. The maximum atomic E-state index is 14.1. The van der Waals surface area contributed by atoms with E-state index in [1.165, 1.54) is 24.3 Å². The van der Waals surface area contributed by atoms with Crippen LogP contribution in [-0.4, -0.2) is 20.5 Å². The molecule has 4 rings (SSSR count). The summed E-state index contributed by atoms with van der Waals surface area (Å²) in [6, 6.07) is 21.0. The molecule has 0 fully saturated rings. The van der Waals surface area contributed by atoms with Crippen LogP contribution in [0.1, 0.15) is 21.5 Å². The molecule has 0 bridgehead atoms. The van der Waals surface area contributed by atoms with E-state index in [1.54, 1.807) is 35.4 Å². The predicted molar refractivity (Wildman–Crippen MR) is 115 cm³/mol. The molecule has 0 aliphatic heterocycles. The molecule has 0 atom stereocenters. The van der Waals surface area contributed by atoms with Crippen LogP contribution >= 0.6 is 0 Å². The van der Waals surface area contributed by atoms with Crippen molar-refractivity contribution < 1.29 is 9.18 Å². The van der Waals surface area contributed by atoms with Crippen molar-refractivity contribution in [3.8, 4) is 17.3 Å². The molecule has 0 unspecified atom stereocenters. The first-order valence-corrected chi connectivity index (χ1v) is 9.58. The molecule has 4 aromatic rings. The highest BCUT2D eigenvalue weighted by Crippen LogP contribution is 2.25. The fraction of sp³-hybridized carbons (Fsp3) is 0.0400. The molecule has 0 N–H and O–H groups in total. The second-order valence-electron chi connectivity index (χ2n) is 6.84. The summed E-state index contributed by atoms with van der Waals surface area (Å²) in [6.45, 7) is 0.519. The molecule has 0 spiro atoms. The number of ketones is 1. The Hall–Kier alpha value is -4.37. The Kier molecular flexibility index (Phi) is 5.77. The lowest BCUT2D eigenvalue weighted by molar-refractivity contribution is 0.103. The van der Waals surface area contributed by atoms with Crippen molar-refractivity contribution in [3.63, 3.8) is 0 Å². The van der Waals surface area contributed by atoms with E-state index in [0.717, 1.165) is 11.1 Å². The standard InChI is InChI=1S/C25H17FN4O/c26-23-11-5-4-10-22(23)25(31)20(14-27)13-21-17-30(16-18-7-2-1-3-8-18)29-24(21)19-9-6-12-28-15-19/h1-13,15,17H,16H2/b20-13+. The van der Waals surface area contributed by atoms with Crippen LogP contribution in [0.3, 0.4) is 0 Å². The quantitative estimate of drug-likeness (QED) is 0.258. The van der Waals surface area contributed by atoms with E-state index in [9.17, 15) is 14.4 Å². The van der Waals surface area contributed by atoms with E-state index in [1.807, 2.05) is 42.5 Å². The predicted octanol–water partition coefficient (Wildman–Crippen LogP) is 4.92. The first-order valence-electron chi connectivity index (χ1n) is 9.58. The van der Waals surface area contributed by atoms with Gasteiger partial charge in [-0.1, -0.05) is 42.5 Å². The summed E-state index contributed by atoms with van der Waals surface area (Å²) < 4.78 is 15.8. The second kappa shape index (κ2) is 8.97. The molecule has 2 heterocycles. The van der Waals surface area contributed by atoms with Gasteiger partial charge in [-0.15, -0.1) is 0 Å². The third kappa shape index (κ3) is 4.46. The van der Waals surface area contributed by atoms with E-state index >= 15 is 0 Å². The van der Waals surface area contributed by atoms with Gasteiger partial charge in [0.25, 0.3) is 0 Å². The average molecular weight is 408 g/mol. The van der Waals surface area contributed by atoms with Crippen LogP contribution in [0.2, 0.25) is 0 Å². The van der Waals surface area contributed by atoms with Crippen molar-refractivity contribution in [3.05, 3.63) is 113 Å². The van der Waals surface area contributed by atoms with Gasteiger partial charge in [0, 0.05) is 29.7 Å². The molecule has 31 heavy (non-hydrogen) atoms. The summed E-state index contributed by atoms with van der Waals surface area (Å²) in [5.74, 6) is -1.34. The molecule has 2 aromatic heterocycles. The summed E-state index contributed by atoms with van der Waals surface area (Å²) in [5, 5.41) is 14.3. The molecule has 0 amide bonds. The molecular weight excluding hydrogens is 391 g/mol. The van der Waals surface area contributed by atoms with Crippen molar-refractivity contribution in [2.75, 3.05) is 0 Å². The third-order valence-corrected chi connectivity index (χ3v) is 4.70. The second-order valence-corrected chi connectivity index (χ2v) is 6.84. The van der Waals surface area contributed by atoms with Crippen molar-refractivity contribution in [2.45, 2.75) is 6.54 Å². The van der Waals surface area contributed by atoms with Crippen LogP contribution in [0.4, 0.5) is 4.39 Å². The molecule has 0 aliphatic carbocycles. The van der Waals surface area contributed by atoms with Gasteiger partial charge in [0.1, 0.15) is 23.2 Å². The average Bonchev–Trinajstić information content (AvgIpc) is 3.20. The van der Waals surface area contributed by atoms with Crippen molar-refractivity contribution >= 4 is 11.9 Å². The SMILES string of the molecule is N#C/C(=C\c1cn(Cc2ccccc2)nc1-c1cccnc1)C(=O)c1ccccc1F. The molecule has 0 saturated heterocycles. The maximum absolute atomic E-state index is 14.1. The van der Waals surface area contributed by atoms with E-state index in [4.69, 9.17) is 0 Å². The minimum atomic E-state index is -0.673. The number of benzene rings is 2. The van der Waals surface area contributed by atoms with E-state index < -0.39 is 11.6 Å². The van der Waals surface area contributed by atoms with Crippen LogP contribution in [-0.2, 0) is 6.54 Å². The zero-order valence-electron chi connectivity index (χ0n) is 16.4. The van der Waals surface area contributed by atoms with Gasteiger partial charge in [0.05, 0.1) is 12.1 Å². The van der Waals surface area contributed by atoms with Gasteiger partial charge in [0.2, 0.25) is 5.78 Å².